The van der Waals surface area contributed by atoms with Crippen LogP contribution in [0.1, 0.15) is 0 Å². The Hall–Kier alpha value is -2.42. The number of nitrogens with one attached hydrogen (secondary N) is 1. The van der Waals surface area contributed by atoms with Gasteiger partial charge in [-0.15, -0.1) is 0 Å². The first-order valence-corrected chi connectivity index (χ1v) is 6.33. The number of rotatable bonds is 0. The third-order valence-electron chi connectivity index (χ3n) is 3.85. The lowest BCUT2D eigenvalue weighted by Gasteiger charge is -1.84. The number of H-pyrrole nitrogens is 1. The van der Waals surface area contributed by atoms with E-state index in [9.17, 15) is 0 Å². The molecular weight excluding hydrogens is 234 g/mol. The summed E-state index contributed by atoms with van der Waals surface area (Å²) in [6.07, 6.45) is 0. The van der Waals surface area contributed by atoms with E-state index in [1.165, 1.54) is 32.3 Å². The molecule has 0 atom stereocenters. The lowest BCUT2D eigenvalue weighted by atomic mass is 10.2. The van der Waals surface area contributed by atoms with Crippen molar-refractivity contribution in [1.82, 2.24) is 4.98 Å². The molecule has 0 radical (unpaired) electrons. The Kier molecular flexibility index (Phi) is 1.96. The smallest absolute Gasteiger partial charge is 0.135 e. The summed E-state index contributed by atoms with van der Waals surface area (Å²) in [5.74, 6) is 0. The third kappa shape index (κ3) is 1.17. The number of fused-ring (bicyclic) bond motifs is 3. The molecule has 4 aromatic rings. The van der Waals surface area contributed by atoms with Crippen LogP contribution in [0, 0.1) is 0 Å². The molecule has 1 aromatic heterocycles. The number of hydrogen-bond acceptors (Lipinski definition) is 2. The zero-order valence-electron chi connectivity index (χ0n) is 10.9. The minimum Gasteiger partial charge on any atom is -0.324 e. The van der Waals surface area contributed by atoms with Gasteiger partial charge in [0.05, 0.1) is 0 Å². The molecule has 1 N–H and O–H groups in total. The Bertz CT molecular complexity index is 1020. The summed E-state index contributed by atoms with van der Waals surface area (Å²) in [5, 5.41) is 7.49. The second-order valence-corrected chi connectivity index (χ2v) is 4.73. The first kappa shape index (κ1) is 10.5. The molecule has 4 rings (SSSR count). The summed E-state index contributed by atoms with van der Waals surface area (Å²) in [6.45, 7) is 0. The predicted octanol–water partition coefficient (Wildman–Crippen LogP) is 2.41. The Morgan fingerprint density at radius 1 is 0.737 bits per heavy atom. The molecule has 0 saturated carbocycles. The van der Waals surface area contributed by atoms with Crippen molar-refractivity contribution in [2.45, 2.75) is 0 Å². The van der Waals surface area contributed by atoms with E-state index in [4.69, 9.17) is 0 Å². The van der Waals surface area contributed by atoms with Gasteiger partial charge in [-0.3, -0.25) is 9.98 Å². The number of nitrogens with zero attached hydrogens (tertiary/aromatic N) is 2. The monoisotopic (exact) mass is 247 g/mol. The zero-order valence-corrected chi connectivity index (χ0v) is 10.9. The van der Waals surface area contributed by atoms with Crippen LogP contribution in [-0.2, 0) is 0 Å². The van der Waals surface area contributed by atoms with Crippen LogP contribution in [0.15, 0.2) is 46.4 Å². The average molecular weight is 247 g/mol. The minimum absolute atomic E-state index is 0.916. The van der Waals surface area contributed by atoms with Crippen LogP contribution in [0.5, 0.6) is 0 Å². The molecule has 3 heteroatoms. The van der Waals surface area contributed by atoms with Gasteiger partial charge in [-0.1, -0.05) is 36.4 Å². The summed E-state index contributed by atoms with van der Waals surface area (Å²) in [6, 6.07) is 12.8. The van der Waals surface area contributed by atoms with E-state index < -0.39 is 0 Å². The van der Waals surface area contributed by atoms with Crippen LogP contribution in [-0.4, -0.2) is 19.1 Å². The van der Waals surface area contributed by atoms with Gasteiger partial charge in [0.25, 0.3) is 0 Å². The van der Waals surface area contributed by atoms with Gasteiger partial charge in [-0.05, 0) is 21.5 Å². The Labute approximate surface area is 109 Å². The molecule has 0 spiro atoms. The quantitative estimate of drug-likeness (QED) is 0.496. The minimum atomic E-state index is 0.916. The van der Waals surface area contributed by atoms with Crippen molar-refractivity contribution in [2.24, 2.45) is 9.98 Å². The van der Waals surface area contributed by atoms with Gasteiger partial charge in [-0.2, -0.15) is 0 Å². The summed E-state index contributed by atoms with van der Waals surface area (Å²) >= 11 is 0. The molecule has 3 aromatic carbocycles. The fourth-order valence-corrected chi connectivity index (χ4v) is 3.08. The molecule has 1 heterocycles. The van der Waals surface area contributed by atoms with Crippen LogP contribution in [0.25, 0.3) is 32.3 Å². The van der Waals surface area contributed by atoms with Crippen LogP contribution in [0.4, 0.5) is 0 Å². The van der Waals surface area contributed by atoms with Gasteiger partial charge in [0, 0.05) is 24.9 Å². The predicted molar refractivity (Wildman–Crippen MR) is 78.7 cm³/mol. The standard InChI is InChI=1S/C16H13N3/c1-17-15-13-10-6-4-3-5-9-7-8-11(12(9)10)14(13)16(18-2)19-15/h3-8H,1-2H3,(H,17,18,19). The maximum absolute atomic E-state index is 4.37. The molecule has 0 saturated heterocycles. The van der Waals surface area contributed by atoms with Crippen LogP contribution in [0.3, 0.4) is 0 Å². The van der Waals surface area contributed by atoms with Crippen molar-refractivity contribution in [1.29, 1.82) is 0 Å². The normalized spacial score (nSPS) is 14.4. The Balaban J connectivity index is 2.54. The van der Waals surface area contributed by atoms with Gasteiger partial charge >= 0.3 is 0 Å². The highest BCUT2D eigenvalue weighted by atomic mass is 14.9. The van der Waals surface area contributed by atoms with Crippen molar-refractivity contribution in [2.75, 3.05) is 14.1 Å². The van der Waals surface area contributed by atoms with Crippen molar-refractivity contribution in [3.8, 4) is 0 Å². The van der Waals surface area contributed by atoms with Crippen molar-refractivity contribution in [3.05, 3.63) is 47.4 Å². The lowest BCUT2D eigenvalue weighted by Crippen LogP contribution is -2.10. The molecule has 19 heavy (non-hydrogen) atoms. The Morgan fingerprint density at radius 3 is 2.05 bits per heavy atom. The number of aromatic nitrogens is 1. The summed E-state index contributed by atoms with van der Waals surface area (Å²) in [5.41, 5.74) is 1.83. The van der Waals surface area contributed by atoms with Crippen molar-refractivity contribution < 1.29 is 0 Å². The molecule has 0 amide bonds. The lowest BCUT2D eigenvalue weighted by molar-refractivity contribution is 1.09. The molecule has 92 valence electrons. The van der Waals surface area contributed by atoms with E-state index in [-0.39, 0.29) is 0 Å². The van der Waals surface area contributed by atoms with Crippen molar-refractivity contribution >= 4 is 32.3 Å². The van der Waals surface area contributed by atoms with E-state index >= 15 is 0 Å². The van der Waals surface area contributed by atoms with Crippen LogP contribution in [0.2, 0.25) is 0 Å². The fourth-order valence-electron chi connectivity index (χ4n) is 3.08. The summed E-state index contributed by atoms with van der Waals surface area (Å²) in [7, 11) is 3.63. The Morgan fingerprint density at radius 2 is 1.37 bits per heavy atom. The molecule has 0 aliphatic heterocycles. The highest BCUT2D eigenvalue weighted by Crippen LogP contribution is 2.35. The van der Waals surface area contributed by atoms with E-state index in [0.717, 1.165) is 11.0 Å². The maximum Gasteiger partial charge on any atom is 0.135 e. The maximum atomic E-state index is 4.37. The summed E-state index contributed by atoms with van der Waals surface area (Å²) < 4.78 is 0. The molecule has 0 unspecified atom stereocenters. The molecular formula is C16H13N3. The largest absolute Gasteiger partial charge is 0.324 e. The van der Waals surface area contributed by atoms with E-state index in [2.05, 4.69) is 51.4 Å². The first-order chi connectivity index (χ1) is 9.35. The van der Waals surface area contributed by atoms with E-state index in [1.807, 2.05) is 14.1 Å². The zero-order chi connectivity index (χ0) is 13.0. The van der Waals surface area contributed by atoms with Gasteiger partial charge in [-0.25, -0.2) is 0 Å². The second-order valence-electron chi connectivity index (χ2n) is 4.73. The molecule has 0 aliphatic rings. The topological polar surface area (TPSA) is 40.5 Å². The third-order valence-corrected chi connectivity index (χ3v) is 3.85. The molecule has 3 nitrogen and oxygen atoms in total. The summed E-state index contributed by atoms with van der Waals surface area (Å²) in [4.78, 5) is 12.0. The number of aromatic amines is 1. The van der Waals surface area contributed by atoms with Gasteiger partial charge in [0.15, 0.2) is 0 Å². The molecule has 0 fully saturated rings. The second kappa shape index (κ2) is 3.54. The molecule has 0 aliphatic carbocycles. The van der Waals surface area contributed by atoms with Crippen LogP contribution >= 0.6 is 0 Å². The average Bonchev–Trinajstić information content (AvgIpc) is 3.02. The van der Waals surface area contributed by atoms with E-state index in [1.54, 1.807) is 0 Å². The molecule has 0 bridgehead atoms. The van der Waals surface area contributed by atoms with Gasteiger partial charge in [0.1, 0.15) is 11.0 Å². The fraction of sp³-hybridized carbons (Fsp3) is 0.125. The van der Waals surface area contributed by atoms with Gasteiger partial charge < -0.3 is 4.98 Å². The van der Waals surface area contributed by atoms with Gasteiger partial charge in [0.2, 0.25) is 0 Å². The number of hydrogen-bond donors (Lipinski definition) is 1. The highest BCUT2D eigenvalue weighted by Gasteiger charge is 2.15. The van der Waals surface area contributed by atoms with E-state index in [0.29, 0.717) is 0 Å². The first-order valence-electron chi connectivity index (χ1n) is 6.33. The van der Waals surface area contributed by atoms with Crippen molar-refractivity contribution in [3.63, 3.8) is 0 Å². The SMILES string of the molecule is C/N=c1\[nH]/c(=N\C)c2c3ccc4ccccc(c12)c43. The van der Waals surface area contributed by atoms with Crippen LogP contribution < -0.4 is 11.0 Å². The highest BCUT2D eigenvalue weighted by molar-refractivity contribution is 6.30.